The van der Waals surface area contributed by atoms with Crippen molar-refractivity contribution in [2.45, 2.75) is 32.1 Å². The summed E-state index contributed by atoms with van der Waals surface area (Å²) in [6.07, 6.45) is -0.278. The number of H-pyrrole nitrogens is 2. The Kier molecular flexibility index (Phi) is 12.0. The molecule has 0 unspecified atom stereocenters. The van der Waals surface area contributed by atoms with Crippen molar-refractivity contribution < 1.29 is 87.8 Å². The Morgan fingerprint density at radius 2 is 0.479 bits per heavy atom. The highest BCUT2D eigenvalue weighted by Gasteiger charge is 2.35. The second-order valence-corrected chi connectivity index (χ2v) is 15.6. The third-order valence-corrected chi connectivity index (χ3v) is 11.6. The van der Waals surface area contributed by atoms with Gasteiger partial charge in [0.05, 0.1) is 45.0 Å². The maximum absolute atomic E-state index is 16.1. The van der Waals surface area contributed by atoms with E-state index in [-0.39, 0.29) is 19.3 Å². The zero-order valence-corrected chi connectivity index (χ0v) is 34.5. The molecule has 8 bridgehead atoms. The van der Waals surface area contributed by atoms with Crippen LogP contribution in [-0.4, -0.2) is 19.9 Å². The first-order valence-corrected chi connectivity index (χ1v) is 20.1. The number of fused-ring (bicyclic) bond motifs is 8. The summed E-state index contributed by atoms with van der Waals surface area (Å²) >= 11 is 0. The van der Waals surface area contributed by atoms with Crippen LogP contribution < -0.4 is 0 Å². The number of halogens is 20. The van der Waals surface area contributed by atoms with Gasteiger partial charge in [-0.15, -0.1) is 0 Å². The lowest BCUT2D eigenvalue weighted by molar-refractivity contribution is 0.381. The van der Waals surface area contributed by atoms with Crippen LogP contribution in [0.3, 0.4) is 0 Å². The lowest BCUT2D eigenvalue weighted by atomic mass is 9.94. The molecule has 0 saturated heterocycles. The maximum atomic E-state index is 16.1. The number of aromatic amines is 2. The largest absolute Gasteiger partial charge is 0.354 e. The average molecular weight is 1020 g/mol. The van der Waals surface area contributed by atoms with Crippen molar-refractivity contribution in [1.29, 1.82) is 0 Å². The first-order chi connectivity index (χ1) is 33.6. The van der Waals surface area contributed by atoms with Gasteiger partial charge in [-0.1, -0.05) is 6.42 Å². The molecule has 2 aliphatic rings. The first-order valence-electron chi connectivity index (χ1n) is 20.1. The van der Waals surface area contributed by atoms with Crippen LogP contribution in [0.1, 0.15) is 42.0 Å². The molecule has 5 heterocycles. The highest BCUT2D eigenvalue weighted by atomic mass is 19.2. The number of rotatable bonds is 4. The molecule has 0 saturated carbocycles. The van der Waals surface area contributed by atoms with E-state index in [1.54, 1.807) is 0 Å². The number of benzene rings is 4. The molecule has 2 N–H and O–H groups in total. The minimum Gasteiger partial charge on any atom is -0.354 e. The summed E-state index contributed by atoms with van der Waals surface area (Å²) in [5.74, 6) is -52.2. The minimum absolute atomic E-state index is 0.0244. The summed E-state index contributed by atoms with van der Waals surface area (Å²) in [6, 6.07) is 2.73. The fourth-order valence-corrected chi connectivity index (χ4v) is 8.38. The molecule has 71 heavy (non-hydrogen) atoms. The van der Waals surface area contributed by atoms with Gasteiger partial charge in [-0.2, -0.15) is 0 Å². The summed E-state index contributed by atoms with van der Waals surface area (Å²) in [5, 5.41) is 0. The number of aryl methyl sites for hydroxylation is 2. The Morgan fingerprint density at radius 1 is 0.254 bits per heavy atom. The van der Waals surface area contributed by atoms with Crippen LogP contribution in [0.25, 0.3) is 78.7 Å². The highest BCUT2D eigenvalue weighted by Crippen LogP contribution is 2.44. The molecular weight excluding hydrogens is 1000 g/mol. The Labute approximate surface area is 381 Å². The average Bonchev–Trinajstić information content (AvgIpc) is 4.15. The normalized spacial score (nSPS) is 13.0. The summed E-state index contributed by atoms with van der Waals surface area (Å²) in [5.41, 5.74) is -19.4. The van der Waals surface area contributed by atoms with Gasteiger partial charge in [-0.25, -0.2) is 92.8 Å². The van der Waals surface area contributed by atoms with Gasteiger partial charge in [0.2, 0.25) is 23.3 Å². The van der Waals surface area contributed by atoms with Gasteiger partial charge < -0.3 is 9.97 Å². The van der Waals surface area contributed by atoms with Gasteiger partial charge in [0.25, 0.3) is 0 Å². The predicted octanol–water partition coefficient (Wildman–Crippen LogP) is 14.9. The highest BCUT2D eigenvalue weighted by molar-refractivity contribution is 5.98. The van der Waals surface area contributed by atoms with Crippen LogP contribution in [0.2, 0.25) is 0 Å². The standard InChI is InChI=1S/C47H18F20N4/c48-28-24(29(49)37(57)44(64)36(28)56)20-12-4-2-1-3-5-13(68-12)21(25-30(50)38(58)45(65)39(59)31(25)51)15-7-9-17(70-15)23(27-34(54)42(62)47(67)43(63)35(27)55)19-11-10-18(71-19)22(16-8-6-14(20)69-16)26-32(52)40(60)46(66)41(61)33(26)53/h6-11,69-70H,1-5H2. The lowest BCUT2D eigenvalue weighted by Crippen LogP contribution is -2.09. The Bertz CT molecular complexity index is 3360. The zero-order chi connectivity index (χ0) is 51.4. The Hall–Kier alpha value is -7.66. The van der Waals surface area contributed by atoms with E-state index in [9.17, 15) is 17.6 Å². The smallest absolute Gasteiger partial charge is 0.200 e. The van der Waals surface area contributed by atoms with Crippen LogP contribution in [0.15, 0.2) is 24.3 Å². The molecular formula is C47H18F20N4. The molecule has 0 atom stereocenters. The van der Waals surface area contributed by atoms with E-state index in [2.05, 4.69) is 19.9 Å². The van der Waals surface area contributed by atoms with Gasteiger partial charge in [0.1, 0.15) is 0 Å². The van der Waals surface area contributed by atoms with Crippen molar-refractivity contribution in [3.63, 3.8) is 0 Å². The molecule has 0 spiro atoms. The number of hydrogen-bond donors (Lipinski definition) is 2. The second-order valence-electron chi connectivity index (χ2n) is 15.6. The van der Waals surface area contributed by atoms with Crippen LogP contribution in [0.4, 0.5) is 87.8 Å². The molecule has 2 aliphatic heterocycles. The van der Waals surface area contributed by atoms with Gasteiger partial charge in [0, 0.05) is 44.3 Å². The van der Waals surface area contributed by atoms with Crippen molar-refractivity contribution in [2.75, 3.05) is 0 Å². The molecule has 9 rings (SSSR count). The van der Waals surface area contributed by atoms with E-state index in [1.807, 2.05) is 0 Å². The Morgan fingerprint density at radius 3 is 0.746 bits per heavy atom. The molecule has 0 aliphatic carbocycles. The van der Waals surface area contributed by atoms with Crippen LogP contribution in [0.5, 0.6) is 0 Å². The Balaban J connectivity index is 1.63. The summed E-state index contributed by atoms with van der Waals surface area (Å²) < 4.78 is 307. The number of hydrogen-bond acceptors (Lipinski definition) is 2. The molecule has 0 fully saturated rings. The van der Waals surface area contributed by atoms with Crippen LogP contribution >= 0.6 is 0 Å². The summed E-state index contributed by atoms with van der Waals surface area (Å²) in [4.78, 5) is 12.9. The van der Waals surface area contributed by atoms with E-state index in [0.717, 1.165) is 0 Å². The number of nitrogens with one attached hydrogen (secondary N) is 2. The van der Waals surface area contributed by atoms with Crippen LogP contribution in [0, 0.1) is 116 Å². The monoisotopic (exact) mass is 1020 g/mol. The molecule has 7 aromatic rings. The molecule has 0 radical (unpaired) electrons. The SMILES string of the molecule is Fc1c(F)c(F)c(-c2c3nc(c(-c4c(F)c(F)c(F)c(F)c4F)c4ccc([nH]4)c(-c4c(F)c(F)c(F)c(F)c4F)c4nc(c(-c5c(F)c(F)c(F)c(F)c5F)c5ccc2[nH]5)CCCCC4)C=C3)c(F)c1F. The quantitative estimate of drug-likeness (QED) is 0.105. The maximum Gasteiger partial charge on any atom is 0.200 e. The number of nitrogens with zero attached hydrogens (tertiary/aromatic N) is 2. The van der Waals surface area contributed by atoms with Gasteiger partial charge in [0.15, 0.2) is 93.1 Å². The van der Waals surface area contributed by atoms with E-state index in [4.69, 9.17) is 0 Å². The second kappa shape index (κ2) is 17.6. The topological polar surface area (TPSA) is 57.4 Å². The molecule has 4 aromatic carbocycles. The fourth-order valence-electron chi connectivity index (χ4n) is 8.38. The van der Waals surface area contributed by atoms with Crippen molar-refractivity contribution in [1.82, 2.24) is 19.9 Å². The summed E-state index contributed by atoms with van der Waals surface area (Å²) in [6.45, 7) is 0. The molecule has 24 heteroatoms. The van der Waals surface area contributed by atoms with E-state index in [0.29, 0.717) is 36.4 Å². The third kappa shape index (κ3) is 7.38. The first kappa shape index (κ1) is 48.4. The van der Waals surface area contributed by atoms with Crippen molar-refractivity contribution in [2.24, 2.45) is 0 Å². The van der Waals surface area contributed by atoms with Gasteiger partial charge in [-0.3, -0.25) is 4.98 Å². The van der Waals surface area contributed by atoms with Gasteiger partial charge >= 0.3 is 0 Å². The molecule has 3 aromatic heterocycles. The zero-order valence-electron chi connectivity index (χ0n) is 34.5. The van der Waals surface area contributed by atoms with Crippen molar-refractivity contribution in [3.05, 3.63) is 163 Å². The number of aromatic nitrogens is 4. The van der Waals surface area contributed by atoms with Crippen molar-refractivity contribution >= 4 is 34.2 Å². The van der Waals surface area contributed by atoms with Gasteiger partial charge in [-0.05, 0) is 62.1 Å². The molecule has 0 amide bonds. The predicted molar refractivity (Wildman–Crippen MR) is 212 cm³/mol. The van der Waals surface area contributed by atoms with Crippen LogP contribution in [-0.2, 0) is 12.8 Å². The third-order valence-electron chi connectivity index (χ3n) is 11.6. The van der Waals surface area contributed by atoms with E-state index in [1.165, 1.54) is 0 Å². The van der Waals surface area contributed by atoms with E-state index >= 15 is 70.2 Å². The fraction of sp³-hybridized carbons (Fsp3) is 0.106. The lowest BCUT2D eigenvalue weighted by Gasteiger charge is -2.17. The molecule has 366 valence electrons. The minimum atomic E-state index is -2.70. The molecule has 4 nitrogen and oxygen atoms in total. The summed E-state index contributed by atoms with van der Waals surface area (Å²) in [7, 11) is 0. The van der Waals surface area contributed by atoms with E-state index < -0.39 is 219 Å². The van der Waals surface area contributed by atoms with Crippen molar-refractivity contribution in [3.8, 4) is 44.5 Å².